The molecule has 0 aliphatic carbocycles. The highest BCUT2D eigenvalue weighted by molar-refractivity contribution is 7.09. The number of anilines is 1. The monoisotopic (exact) mass is 440 g/mol. The van der Waals surface area contributed by atoms with E-state index in [4.69, 9.17) is 4.98 Å². The van der Waals surface area contributed by atoms with Crippen LogP contribution in [0.15, 0.2) is 30.3 Å². The number of carbonyl (C=O) groups excluding carboxylic acids is 2. The standard InChI is InChI=1S/C22H28N6O2S/c29-20(17-14-18(23-15-17)21(30)26-8-4-5-9-26)27-10-12-28(13-11-27)22-24-19(25-31-22)16-6-2-1-3-7-16/h1-3,6-7,17-18,23H,4-5,8-15H2/t17-,18-/m0/s1. The van der Waals surface area contributed by atoms with Crippen molar-refractivity contribution >= 4 is 28.5 Å². The van der Waals surface area contributed by atoms with Gasteiger partial charge in [-0.25, -0.2) is 0 Å². The van der Waals surface area contributed by atoms with E-state index in [0.29, 0.717) is 26.1 Å². The van der Waals surface area contributed by atoms with Gasteiger partial charge in [0.2, 0.25) is 16.9 Å². The van der Waals surface area contributed by atoms with Crippen LogP contribution < -0.4 is 10.2 Å². The zero-order chi connectivity index (χ0) is 21.2. The summed E-state index contributed by atoms with van der Waals surface area (Å²) in [6.45, 7) is 5.18. The molecule has 2 atom stereocenters. The van der Waals surface area contributed by atoms with E-state index in [9.17, 15) is 9.59 Å². The molecule has 0 unspecified atom stereocenters. The minimum absolute atomic E-state index is 0.102. The van der Waals surface area contributed by atoms with Crippen LogP contribution in [0.3, 0.4) is 0 Å². The lowest BCUT2D eigenvalue weighted by Gasteiger charge is -2.35. The second kappa shape index (κ2) is 8.92. The van der Waals surface area contributed by atoms with Crippen molar-refractivity contribution in [2.24, 2.45) is 5.92 Å². The summed E-state index contributed by atoms with van der Waals surface area (Å²) in [6, 6.07) is 9.78. The molecule has 2 amide bonds. The van der Waals surface area contributed by atoms with Crippen LogP contribution in [-0.4, -0.2) is 82.8 Å². The van der Waals surface area contributed by atoms with Crippen molar-refractivity contribution in [3.8, 4) is 11.4 Å². The van der Waals surface area contributed by atoms with E-state index in [0.717, 1.165) is 55.5 Å². The van der Waals surface area contributed by atoms with Crippen LogP contribution in [0.25, 0.3) is 11.4 Å². The van der Waals surface area contributed by atoms with Crippen molar-refractivity contribution in [3.05, 3.63) is 30.3 Å². The molecule has 9 heteroatoms. The largest absolute Gasteiger partial charge is 0.343 e. The van der Waals surface area contributed by atoms with Crippen molar-refractivity contribution in [1.82, 2.24) is 24.5 Å². The van der Waals surface area contributed by atoms with Gasteiger partial charge in [0, 0.05) is 62.9 Å². The number of hydrogen-bond acceptors (Lipinski definition) is 7. The number of nitrogens with zero attached hydrogens (tertiary/aromatic N) is 5. The summed E-state index contributed by atoms with van der Waals surface area (Å²) < 4.78 is 4.50. The topological polar surface area (TPSA) is 81.7 Å². The third-order valence-electron chi connectivity index (χ3n) is 6.51. The maximum atomic E-state index is 13.0. The summed E-state index contributed by atoms with van der Waals surface area (Å²) in [4.78, 5) is 36.4. The van der Waals surface area contributed by atoms with Gasteiger partial charge in [0.25, 0.3) is 0 Å². The second-order valence-electron chi connectivity index (χ2n) is 8.50. The third kappa shape index (κ3) is 4.29. The Bertz CT molecular complexity index is 921. The van der Waals surface area contributed by atoms with Gasteiger partial charge in [-0.3, -0.25) is 9.59 Å². The zero-order valence-electron chi connectivity index (χ0n) is 17.6. The van der Waals surface area contributed by atoms with Crippen molar-refractivity contribution in [1.29, 1.82) is 0 Å². The lowest BCUT2D eigenvalue weighted by Crippen LogP contribution is -2.50. The Morgan fingerprint density at radius 2 is 1.65 bits per heavy atom. The van der Waals surface area contributed by atoms with Gasteiger partial charge in [-0.1, -0.05) is 30.3 Å². The van der Waals surface area contributed by atoms with Gasteiger partial charge >= 0.3 is 0 Å². The molecule has 3 aliphatic heterocycles. The molecule has 1 N–H and O–H groups in total. The highest BCUT2D eigenvalue weighted by atomic mass is 32.1. The summed E-state index contributed by atoms with van der Waals surface area (Å²) in [5.74, 6) is 0.994. The summed E-state index contributed by atoms with van der Waals surface area (Å²) >= 11 is 1.41. The van der Waals surface area contributed by atoms with Crippen LogP contribution in [0.2, 0.25) is 0 Å². The third-order valence-corrected chi connectivity index (χ3v) is 7.28. The summed E-state index contributed by atoms with van der Waals surface area (Å²) in [5, 5.41) is 4.20. The Labute approximate surface area is 186 Å². The number of nitrogens with one attached hydrogen (secondary N) is 1. The number of hydrogen-bond donors (Lipinski definition) is 1. The van der Waals surface area contributed by atoms with E-state index in [1.165, 1.54) is 11.5 Å². The molecule has 2 aromatic rings. The van der Waals surface area contributed by atoms with E-state index in [2.05, 4.69) is 14.6 Å². The average Bonchev–Trinajstić information content (AvgIpc) is 3.60. The molecule has 3 fully saturated rings. The molecule has 164 valence electrons. The molecular weight excluding hydrogens is 412 g/mol. The van der Waals surface area contributed by atoms with E-state index < -0.39 is 0 Å². The van der Waals surface area contributed by atoms with Gasteiger partial charge in [0.05, 0.1) is 12.0 Å². The van der Waals surface area contributed by atoms with E-state index in [1.807, 2.05) is 40.1 Å². The van der Waals surface area contributed by atoms with Crippen LogP contribution in [0.4, 0.5) is 5.13 Å². The molecule has 1 aromatic heterocycles. The second-order valence-corrected chi connectivity index (χ2v) is 9.24. The quantitative estimate of drug-likeness (QED) is 0.775. The minimum Gasteiger partial charge on any atom is -0.343 e. The zero-order valence-corrected chi connectivity index (χ0v) is 18.4. The molecule has 0 radical (unpaired) electrons. The fraction of sp³-hybridized carbons (Fsp3) is 0.545. The minimum atomic E-state index is -0.203. The van der Waals surface area contributed by atoms with Crippen molar-refractivity contribution in [2.45, 2.75) is 25.3 Å². The first kappa shape index (κ1) is 20.4. The van der Waals surface area contributed by atoms with Gasteiger partial charge in [0.1, 0.15) is 0 Å². The molecule has 8 nitrogen and oxygen atoms in total. The number of carbonyl (C=O) groups is 2. The number of amides is 2. The normalized spacial score (nSPS) is 24.1. The van der Waals surface area contributed by atoms with Crippen LogP contribution in [0.5, 0.6) is 0 Å². The molecule has 1 aromatic carbocycles. The predicted octanol–water partition coefficient (Wildman–Crippen LogP) is 1.45. The summed E-state index contributed by atoms with van der Waals surface area (Å²) in [5.41, 5.74) is 1.02. The SMILES string of the molecule is O=C([C@@H]1CN[C@H](C(=O)N2CCCC2)C1)N1CCN(c2nc(-c3ccccc3)ns2)CC1. The molecule has 0 bridgehead atoms. The average molecular weight is 441 g/mol. The first-order valence-corrected chi connectivity index (χ1v) is 11.9. The highest BCUT2D eigenvalue weighted by Gasteiger charge is 2.38. The first-order valence-electron chi connectivity index (χ1n) is 11.1. The molecule has 4 heterocycles. The summed E-state index contributed by atoms with van der Waals surface area (Å²) in [6.07, 6.45) is 2.80. The lowest BCUT2D eigenvalue weighted by molar-refractivity contribution is -0.135. The van der Waals surface area contributed by atoms with Crippen molar-refractivity contribution in [2.75, 3.05) is 50.7 Å². The van der Waals surface area contributed by atoms with Crippen molar-refractivity contribution < 1.29 is 9.59 Å². The fourth-order valence-electron chi connectivity index (χ4n) is 4.69. The molecular formula is C22H28N6O2S. The van der Waals surface area contributed by atoms with Crippen LogP contribution in [0, 0.1) is 5.92 Å². The Hall–Kier alpha value is -2.52. The lowest BCUT2D eigenvalue weighted by atomic mass is 10.0. The number of piperazine rings is 1. The Balaban J connectivity index is 1.13. The summed E-state index contributed by atoms with van der Waals surface area (Å²) in [7, 11) is 0. The molecule has 0 saturated carbocycles. The van der Waals surface area contributed by atoms with Crippen molar-refractivity contribution in [3.63, 3.8) is 0 Å². The number of benzene rings is 1. The molecule has 3 saturated heterocycles. The molecule has 5 rings (SSSR count). The maximum absolute atomic E-state index is 13.0. The molecule has 3 aliphatic rings. The Kier molecular flexibility index (Phi) is 5.87. The highest BCUT2D eigenvalue weighted by Crippen LogP contribution is 2.26. The van der Waals surface area contributed by atoms with E-state index >= 15 is 0 Å². The van der Waals surface area contributed by atoms with E-state index in [-0.39, 0.29) is 23.8 Å². The van der Waals surface area contributed by atoms with Crippen LogP contribution in [0.1, 0.15) is 19.3 Å². The maximum Gasteiger partial charge on any atom is 0.239 e. The Morgan fingerprint density at radius 1 is 0.935 bits per heavy atom. The fourth-order valence-corrected chi connectivity index (χ4v) is 5.43. The van der Waals surface area contributed by atoms with Crippen LogP contribution in [-0.2, 0) is 9.59 Å². The Morgan fingerprint density at radius 3 is 2.39 bits per heavy atom. The van der Waals surface area contributed by atoms with Gasteiger partial charge < -0.3 is 20.0 Å². The predicted molar refractivity (Wildman–Crippen MR) is 120 cm³/mol. The molecule has 0 spiro atoms. The smallest absolute Gasteiger partial charge is 0.239 e. The van der Waals surface area contributed by atoms with Gasteiger partial charge in [-0.05, 0) is 19.3 Å². The van der Waals surface area contributed by atoms with E-state index in [1.54, 1.807) is 0 Å². The number of aromatic nitrogens is 2. The number of rotatable bonds is 4. The number of likely N-dealkylation sites (tertiary alicyclic amines) is 1. The molecule has 31 heavy (non-hydrogen) atoms. The van der Waals surface area contributed by atoms with Gasteiger partial charge in [0.15, 0.2) is 5.82 Å². The first-order chi connectivity index (χ1) is 15.2. The van der Waals surface area contributed by atoms with Crippen LogP contribution >= 0.6 is 11.5 Å². The van der Waals surface area contributed by atoms with Gasteiger partial charge in [-0.2, -0.15) is 9.36 Å². The van der Waals surface area contributed by atoms with Gasteiger partial charge in [-0.15, -0.1) is 0 Å².